The van der Waals surface area contributed by atoms with Gasteiger partial charge in [-0.15, -0.1) is 11.3 Å². The minimum absolute atomic E-state index is 0.0579. The smallest absolute Gasteiger partial charge is 0.323 e. The monoisotopic (exact) mass is 376 g/mol. The van der Waals surface area contributed by atoms with Gasteiger partial charge in [-0.25, -0.2) is 4.98 Å². The average Bonchev–Trinajstić information content (AvgIpc) is 3.37. The molecule has 1 aliphatic rings. The summed E-state index contributed by atoms with van der Waals surface area (Å²) in [6.45, 7) is -0.254. The average molecular weight is 376 g/mol. The molecular weight excluding hydrogens is 356 g/mol. The van der Waals surface area contributed by atoms with Crippen LogP contribution in [0.25, 0.3) is 10.6 Å². The molecule has 0 atom stereocenters. The highest BCUT2D eigenvalue weighted by Crippen LogP contribution is 2.34. The van der Waals surface area contributed by atoms with Gasteiger partial charge in [-0.05, 0) is 31.0 Å². The standard InChI is InChI=1S/C18H20N2O5S/c1-24-14-6-3-11(7-15(14)25-2)18-19-12(10-26-18)8-16(21)20(9-17(22)23)13-4-5-13/h3,6-7,10,13H,4-5,8-9H2,1-2H3,(H,22,23). The van der Waals surface area contributed by atoms with Crippen LogP contribution in [0.2, 0.25) is 0 Å². The van der Waals surface area contributed by atoms with Crippen LogP contribution in [0, 0.1) is 0 Å². The highest BCUT2D eigenvalue weighted by Gasteiger charge is 2.33. The van der Waals surface area contributed by atoms with Crippen LogP contribution in [0.5, 0.6) is 11.5 Å². The Labute approximate surface area is 155 Å². The lowest BCUT2D eigenvalue weighted by atomic mass is 10.2. The molecule has 1 N–H and O–H groups in total. The van der Waals surface area contributed by atoms with Crippen molar-refractivity contribution in [2.45, 2.75) is 25.3 Å². The minimum Gasteiger partial charge on any atom is -0.493 e. The molecule has 3 rings (SSSR count). The van der Waals surface area contributed by atoms with E-state index in [2.05, 4.69) is 4.98 Å². The maximum Gasteiger partial charge on any atom is 0.323 e. The van der Waals surface area contributed by atoms with Gasteiger partial charge in [0.25, 0.3) is 0 Å². The van der Waals surface area contributed by atoms with Gasteiger partial charge in [-0.3, -0.25) is 9.59 Å². The van der Waals surface area contributed by atoms with E-state index in [0.29, 0.717) is 17.2 Å². The second-order valence-corrected chi connectivity index (χ2v) is 6.90. The molecule has 8 heteroatoms. The van der Waals surface area contributed by atoms with Gasteiger partial charge in [0.05, 0.1) is 26.3 Å². The molecule has 1 heterocycles. The molecule has 0 spiro atoms. The number of benzene rings is 1. The zero-order valence-electron chi connectivity index (χ0n) is 14.6. The van der Waals surface area contributed by atoms with Crippen molar-refractivity contribution in [3.05, 3.63) is 29.3 Å². The van der Waals surface area contributed by atoms with Crippen molar-refractivity contribution in [3.8, 4) is 22.1 Å². The van der Waals surface area contributed by atoms with Crippen molar-refractivity contribution in [1.82, 2.24) is 9.88 Å². The molecule has 0 unspecified atom stereocenters. The molecular formula is C18H20N2O5S. The first-order valence-corrected chi connectivity index (χ1v) is 9.08. The van der Waals surface area contributed by atoms with Crippen LogP contribution in [-0.2, 0) is 16.0 Å². The number of aliphatic carboxylic acids is 1. The number of amides is 1. The summed E-state index contributed by atoms with van der Waals surface area (Å²) in [4.78, 5) is 29.4. The van der Waals surface area contributed by atoms with Gasteiger partial charge in [-0.2, -0.15) is 0 Å². The van der Waals surface area contributed by atoms with E-state index in [4.69, 9.17) is 14.6 Å². The fourth-order valence-corrected chi connectivity index (χ4v) is 3.52. The highest BCUT2D eigenvalue weighted by molar-refractivity contribution is 7.13. The first kappa shape index (κ1) is 18.2. The normalized spacial score (nSPS) is 13.3. The second kappa shape index (κ2) is 7.74. The van der Waals surface area contributed by atoms with Gasteiger partial charge in [-0.1, -0.05) is 0 Å². The predicted octanol–water partition coefficient (Wildman–Crippen LogP) is 2.45. The van der Waals surface area contributed by atoms with E-state index in [1.165, 1.54) is 16.2 Å². The molecule has 0 bridgehead atoms. The third-order valence-electron chi connectivity index (χ3n) is 4.13. The Hall–Kier alpha value is -2.61. The van der Waals surface area contributed by atoms with E-state index < -0.39 is 5.97 Å². The molecule has 2 aromatic rings. The zero-order valence-corrected chi connectivity index (χ0v) is 15.4. The molecule has 1 fully saturated rings. The van der Waals surface area contributed by atoms with E-state index in [-0.39, 0.29) is 24.9 Å². The van der Waals surface area contributed by atoms with Crippen molar-refractivity contribution < 1.29 is 24.2 Å². The van der Waals surface area contributed by atoms with E-state index in [9.17, 15) is 9.59 Å². The lowest BCUT2D eigenvalue weighted by Crippen LogP contribution is -2.38. The SMILES string of the molecule is COc1ccc(-c2nc(CC(=O)N(CC(=O)O)C3CC3)cs2)cc1OC. The first-order chi connectivity index (χ1) is 12.5. The van der Waals surface area contributed by atoms with Gasteiger partial charge in [0.15, 0.2) is 11.5 Å². The van der Waals surface area contributed by atoms with Gasteiger partial charge >= 0.3 is 5.97 Å². The number of hydrogen-bond donors (Lipinski definition) is 1. The lowest BCUT2D eigenvalue weighted by Gasteiger charge is -2.19. The van der Waals surface area contributed by atoms with Crippen molar-refractivity contribution in [3.63, 3.8) is 0 Å². The quantitative estimate of drug-likeness (QED) is 0.761. The number of methoxy groups -OCH3 is 2. The Morgan fingerprint density at radius 3 is 2.62 bits per heavy atom. The van der Waals surface area contributed by atoms with Crippen LogP contribution < -0.4 is 9.47 Å². The van der Waals surface area contributed by atoms with Gasteiger partial charge in [0.1, 0.15) is 11.6 Å². The summed E-state index contributed by atoms with van der Waals surface area (Å²) in [5.41, 5.74) is 1.51. The Bertz CT molecular complexity index is 816. The molecule has 1 aromatic carbocycles. The van der Waals surface area contributed by atoms with Crippen molar-refractivity contribution in [2.24, 2.45) is 0 Å². The molecule has 1 aromatic heterocycles. The predicted molar refractivity (Wildman–Crippen MR) is 96.7 cm³/mol. The van der Waals surface area contributed by atoms with Crippen LogP contribution in [0.4, 0.5) is 0 Å². The van der Waals surface area contributed by atoms with Crippen LogP contribution in [0.15, 0.2) is 23.6 Å². The number of carbonyl (C=O) groups is 2. The molecule has 1 saturated carbocycles. The number of hydrogen-bond acceptors (Lipinski definition) is 6. The summed E-state index contributed by atoms with van der Waals surface area (Å²) >= 11 is 1.43. The van der Waals surface area contributed by atoms with Gasteiger partial charge in [0.2, 0.25) is 5.91 Å². The summed E-state index contributed by atoms with van der Waals surface area (Å²) < 4.78 is 10.5. The highest BCUT2D eigenvalue weighted by atomic mass is 32.1. The number of ether oxygens (including phenoxy) is 2. The Balaban J connectivity index is 1.73. The fraction of sp³-hybridized carbons (Fsp3) is 0.389. The van der Waals surface area contributed by atoms with Crippen molar-refractivity contribution in [2.75, 3.05) is 20.8 Å². The molecule has 138 valence electrons. The largest absolute Gasteiger partial charge is 0.493 e. The maximum absolute atomic E-state index is 12.4. The number of thiazole rings is 1. The van der Waals surface area contributed by atoms with E-state index in [1.54, 1.807) is 14.2 Å². The zero-order chi connectivity index (χ0) is 18.7. The number of nitrogens with zero attached hydrogens (tertiary/aromatic N) is 2. The summed E-state index contributed by atoms with van der Waals surface area (Å²) in [6, 6.07) is 5.58. The van der Waals surface area contributed by atoms with Crippen molar-refractivity contribution >= 4 is 23.2 Å². The Kier molecular flexibility index (Phi) is 5.41. The maximum atomic E-state index is 12.4. The lowest BCUT2D eigenvalue weighted by molar-refractivity contribution is -0.144. The van der Waals surface area contributed by atoms with E-state index >= 15 is 0 Å². The van der Waals surface area contributed by atoms with Crippen LogP contribution in [0.1, 0.15) is 18.5 Å². The number of rotatable bonds is 8. The Morgan fingerprint density at radius 1 is 1.27 bits per heavy atom. The molecule has 7 nitrogen and oxygen atoms in total. The third-order valence-corrected chi connectivity index (χ3v) is 5.07. The summed E-state index contributed by atoms with van der Waals surface area (Å²) in [5.74, 6) is 0.0600. The summed E-state index contributed by atoms with van der Waals surface area (Å²) in [5, 5.41) is 11.6. The van der Waals surface area contributed by atoms with E-state index in [0.717, 1.165) is 23.4 Å². The topological polar surface area (TPSA) is 89.0 Å². The molecule has 0 aliphatic heterocycles. The molecule has 1 amide bonds. The molecule has 26 heavy (non-hydrogen) atoms. The van der Waals surface area contributed by atoms with Crippen molar-refractivity contribution in [1.29, 1.82) is 0 Å². The molecule has 0 saturated heterocycles. The Morgan fingerprint density at radius 2 is 2.00 bits per heavy atom. The fourth-order valence-electron chi connectivity index (χ4n) is 2.70. The summed E-state index contributed by atoms with van der Waals surface area (Å²) in [7, 11) is 3.15. The van der Waals surface area contributed by atoms with E-state index in [1.807, 2.05) is 23.6 Å². The van der Waals surface area contributed by atoms with Crippen LogP contribution in [0.3, 0.4) is 0 Å². The van der Waals surface area contributed by atoms with Crippen LogP contribution in [-0.4, -0.2) is 53.7 Å². The number of carboxylic acids is 1. The molecule has 0 radical (unpaired) electrons. The minimum atomic E-state index is -0.991. The first-order valence-electron chi connectivity index (χ1n) is 8.20. The van der Waals surface area contributed by atoms with Gasteiger partial charge < -0.3 is 19.5 Å². The summed E-state index contributed by atoms with van der Waals surface area (Å²) in [6.07, 6.45) is 1.84. The van der Waals surface area contributed by atoms with Crippen LogP contribution >= 0.6 is 11.3 Å². The molecule has 1 aliphatic carbocycles. The second-order valence-electron chi connectivity index (χ2n) is 6.04. The van der Waals surface area contributed by atoms with Gasteiger partial charge in [0, 0.05) is 17.0 Å². The third kappa shape index (κ3) is 4.13. The number of carbonyl (C=O) groups excluding carboxylic acids is 1. The number of aromatic nitrogens is 1. The number of carboxylic acid groups (broad SMARTS) is 1.